The molecule has 6 rings (SSSR count). The normalized spacial score (nSPS) is 21.1. The molecule has 1 aliphatic carbocycles. The second-order valence-corrected chi connectivity index (χ2v) is 9.07. The van der Waals surface area contributed by atoms with Crippen molar-refractivity contribution < 1.29 is 4.74 Å². The maximum Gasteiger partial charge on any atom is 0.255 e. The van der Waals surface area contributed by atoms with Gasteiger partial charge in [-0.2, -0.15) is 0 Å². The van der Waals surface area contributed by atoms with Gasteiger partial charge in [0, 0.05) is 24.1 Å². The first-order chi connectivity index (χ1) is 15.2. The number of rotatable bonds is 3. The number of anilines is 1. The zero-order valence-electron chi connectivity index (χ0n) is 17.7. The average molecular weight is 421 g/mol. The van der Waals surface area contributed by atoms with E-state index in [1.165, 1.54) is 0 Å². The Morgan fingerprint density at radius 2 is 1.81 bits per heavy atom. The quantitative estimate of drug-likeness (QED) is 0.673. The number of nitrogens with zero attached hydrogens (tertiary/aromatic N) is 4. The molecule has 0 saturated carbocycles. The Morgan fingerprint density at radius 1 is 1.00 bits per heavy atom. The first-order valence-electron chi connectivity index (χ1n) is 11.3. The van der Waals surface area contributed by atoms with Gasteiger partial charge in [-0.25, -0.2) is 9.97 Å². The van der Waals surface area contributed by atoms with Crippen LogP contribution >= 0.6 is 0 Å². The summed E-state index contributed by atoms with van der Waals surface area (Å²) < 4.78 is 5.46. The summed E-state index contributed by atoms with van der Waals surface area (Å²) in [5, 5.41) is 0. The van der Waals surface area contributed by atoms with Crippen molar-refractivity contribution in [2.24, 2.45) is 0 Å². The van der Waals surface area contributed by atoms with E-state index in [9.17, 15) is 4.79 Å². The summed E-state index contributed by atoms with van der Waals surface area (Å²) in [6.45, 7) is 5.75. The molecule has 0 bridgehead atoms. The number of piperidine rings is 1. The van der Waals surface area contributed by atoms with Crippen molar-refractivity contribution in [2.45, 2.75) is 37.6 Å². The van der Waals surface area contributed by atoms with Crippen molar-refractivity contribution in [1.82, 2.24) is 24.8 Å². The lowest BCUT2D eigenvalue weighted by atomic mass is 9.76. The fraction of sp³-hybridized carbons (Fsp3) is 0.522. The number of benzene rings is 1. The molecule has 2 N–H and O–H groups in total. The molecule has 2 aliphatic heterocycles. The summed E-state index contributed by atoms with van der Waals surface area (Å²) in [4.78, 5) is 33.7. The van der Waals surface area contributed by atoms with Crippen LogP contribution in [0.25, 0.3) is 11.0 Å². The number of morpholine rings is 1. The molecule has 0 unspecified atom stereocenters. The van der Waals surface area contributed by atoms with Gasteiger partial charge in [0.05, 0.1) is 36.5 Å². The van der Waals surface area contributed by atoms with E-state index in [0.717, 1.165) is 92.5 Å². The van der Waals surface area contributed by atoms with Crippen LogP contribution in [0.15, 0.2) is 29.1 Å². The minimum Gasteiger partial charge on any atom is -0.378 e. The van der Waals surface area contributed by atoms with Gasteiger partial charge in [-0.05, 0) is 50.9 Å². The number of H-pyrrole nitrogens is 2. The molecule has 0 amide bonds. The third-order valence-corrected chi connectivity index (χ3v) is 7.29. The Morgan fingerprint density at radius 3 is 2.61 bits per heavy atom. The summed E-state index contributed by atoms with van der Waals surface area (Å²) in [5.74, 6) is 1.74. The van der Waals surface area contributed by atoms with Gasteiger partial charge < -0.3 is 14.6 Å². The third kappa shape index (κ3) is 3.34. The molecule has 31 heavy (non-hydrogen) atoms. The second-order valence-electron chi connectivity index (χ2n) is 9.07. The number of ether oxygens (including phenoxy) is 1. The summed E-state index contributed by atoms with van der Waals surface area (Å²) >= 11 is 0. The van der Waals surface area contributed by atoms with Crippen molar-refractivity contribution >= 4 is 17.0 Å². The predicted molar refractivity (Wildman–Crippen MR) is 118 cm³/mol. The van der Waals surface area contributed by atoms with E-state index in [2.05, 4.69) is 25.8 Å². The molecule has 4 heterocycles. The zero-order chi connectivity index (χ0) is 20.8. The highest BCUT2D eigenvalue weighted by molar-refractivity contribution is 5.74. The summed E-state index contributed by atoms with van der Waals surface area (Å²) in [7, 11) is 0. The van der Waals surface area contributed by atoms with Gasteiger partial charge in [0.2, 0.25) is 5.95 Å². The molecule has 0 radical (unpaired) electrons. The van der Waals surface area contributed by atoms with E-state index in [1.54, 1.807) is 0 Å². The first kappa shape index (κ1) is 19.0. The summed E-state index contributed by atoms with van der Waals surface area (Å²) in [5.41, 5.74) is 4.16. The van der Waals surface area contributed by atoms with Crippen LogP contribution in [0.4, 0.5) is 5.95 Å². The molecular formula is C23H28N6O2. The summed E-state index contributed by atoms with van der Waals surface area (Å²) in [6.07, 6.45) is 3.95. The SMILES string of the molecule is O=c1[nH]c(N2CCOCC2)nc2c1CCC21CCN(Cc2nc3ccccc3[nH]2)CC1. The van der Waals surface area contributed by atoms with Crippen LogP contribution in [-0.2, 0) is 23.1 Å². The number of fused-ring (bicyclic) bond motifs is 3. The molecule has 1 aromatic carbocycles. The van der Waals surface area contributed by atoms with E-state index in [1.807, 2.05) is 18.2 Å². The molecule has 2 fully saturated rings. The Hall–Kier alpha value is -2.71. The van der Waals surface area contributed by atoms with E-state index in [-0.39, 0.29) is 11.0 Å². The Balaban J connectivity index is 1.20. The monoisotopic (exact) mass is 420 g/mol. The van der Waals surface area contributed by atoms with Crippen molar-refractivity contribution in [3.8, 4) is 0 Å². The molecule has 8 nitrogen and oxygen atoms in total. The third-order valence-electron chi connectivity index (χ3n) is 7.29. The zero-order valence-corrected chi connectivity index (χ0v) is 17.7. The highest BCUT2D eigenvalue weighted by Crippen LogP contribution is 2.44. The van der Waals surface area contributed by atoms with Crippen LogP contribution in [0.2, 0.25) is 0 Å². The molecule has 0 atom stereocenters. The number of aromatic nitrogens is 4. The smallest absolute Gasteiger partial charge is 0.255 e. The minimum absolute atomic E-state index is 0.0367. The maximum atomic E-state index is 12.8. The van der Waals surface area contributed by atoms with Crippen LogP contribution < -0.4 is 10.5 Å². The van der Waals surface area contributed by atoms with Gasteiger partial charge in [0.1, 0.15) is 5.82 Å². The number of hydrogen-bond acceptors (Lipinski definition) is 6. The van der Waals surface area contributed by atoms with Crippen molar-refractivity contribution in [1.29, 1.82) is 0 Å². The van der Waals surface area contributed by atoms with Gasteiger partial charge in [-0.15, -0.1) is 0 Å². The van der Waals surface area contributed by atoms with E-state index in [0.29, 0.717) is 13.2 Å². The minimum atomic E-state index is 0.0367. The molecule has 8 heteroatoms. The maximum absolute atomic E-state index is 12.8. The highest BCUT2D eigenvalue weighted by Gasteiger charge is 2.44. The predicted octanol–water partition coefficient (Wildman–Crippen LogP) is 1.96. The van der Waals surface area contributed by atoms with Gasteiger partial charge in [0.15, 0.2) is 0 Å². The second kappa shape index (κ2) is 7.46. The molecule has 3 aliphatic rings. The topological polar surface area (TPSA) is 90.1 Å². The number of hydrogen-bond donors (Lipinski definition) is 2. The molecular weight excluding hydrogens is 392 g/mol. The van der Waals surface area contributed by atoms with Crippen LogP contribution in [0, 0.1) is 0 Å². The van der Waals surface area contributed by atoms with Crippen LogP contribution in [0.5, 0.6) is 0 Å². The van der Waals surface area contributed by atoms with Crippen LogP contribution in [-0.4, -0.2) is 64.2 Å². The first-order valence-corrected chi connectivity index (χ1v) is 11.3. The fourth-order valence-electron chi connectivity index (χ4n) is 5.48. The molecule has 3 aromatic rings. The molecule has 2 saturated heterocycles. The Kier molecular flexibility index (Phi) is 4.57. The van der Waals surface area contributed by atoms with Crippen molar-refractivity contribution in [3.05, 3.63) is 51.7 Å². The Labute approximate surface area is 180 Å². The van der Waals surface area contributed by atoms with Gasteiger partial charge in [-0.1, -0.05) is 12.1 Å². The van der Waals surface area contributed by atoms with Gasteiger partial charge >= 0.3 is 0 Å². The fourth-order valence-corrected chi connectivity index (χ4v) is 5.48. The van der Waals surface area contributed by atoms with Crippen molar-refractivity contribution in [2.75, 3.05) is 44.3 Å². The summed E-state index contributed by atoms with van der Waals surface area (Å²) in [6, 6.07) is 8.17. The lowest BCUT2D eigenvalue weighted by Crippen LogP contribution is -2.43. The lowest BCUT2D eigenvalue weighted by Gasteiger charge is -2.39. The van der Waals surface area contributed by atoms with Crippen LogP contribution in [0.3, 0.4) is 0 Å². The standard InChI is InChI=1S/C23H28N6O2/c30-21-16-5-6-23(20(16)26-22(27-21)29-11-13-31-14-12-29)7-9-28(10-8-23)15-19-24-17-3-1-2-4-18(17)25-19/h1-4H,5-15H2,(H,24,25)(H,26,27,30). The van der Waals surface area contributed by atoms with E-state index < -0.39 is 0 Å². The number of para-hydroxylation sites is 2. The Bertz CT molecular complexity index is 1120. The highest BCUT2D eigenvalue weighted by atomic mass is 16.5. The van der Waals surface area contributed by atoms with Crippen molar-refractivity contribution in [3.63, 3.8) is 0 Å². The average Bonchev–Trinajstić information content (AvgIpc) is 3.37. The number of imidazole rings is 1. The van der Waals surface area contributed by atoms with E-state index in [4.69, 9.17) is 14.7 Å². The number of nitrogens with one attached hydrogen (secondary N) is 2. The number of aromatic amines is 2. The van der Waals surface area contributed by atoms with Gasteiger partial charge in [-0.3, -0.25) is 14.7 Å². The molecule has 1 spiro atoms. The van der Waals surface area contributed by atoms with Crippen LogP contribution in [0.1, 0.15) is 36.3 Å². The van der Waals surface area contributed by atoms with E-state index >= 15 is 0 Å². The molecule has 2 aromatic heterocycles. The lowest BCUT2D eigenvalue weighted by molar-refractivity contribution is 0.121. The largest absolute Gasteiger partial charge is 0.378 e. The van der Waals surface area contributed by atoms with Gasteiger partial charge in [0.25, 0.3) is 5.56 Å². The number of likely N-dealkylation sites (tertiary alicyclic amines) is 1. The molecule has 162 valence electrons.